The first kappa shape index (κ1) is 20.8. The molecule has 3 heterocycles. The summed E-state index contributed by atoms with van der Waals surface area (Å²) >= 11 is 0. The Kier molecular flexibility index (Phi) is 3.67. The second-order valence-electron chi connectivity index (χ2n) is 8.02. The summed E-state index contributed by atoms with van der Waals surface area (Å²) in [6.07, 6.45) is 0. The van der Waals surface area contributed by atoms with Gasteiger partial charge in [-0.15, -0.1) is 0 Å². The number of halogens is 6. The van der Waals surface area contributed by atoms with Gasteiger partial charge < -0.3 is 9.13 Å². The van der Waals surface area contributed by atoms with E-state index < -0.39 is 7.81 Å². The zero-order chi connectivity index (χ0) is 23.3. The van der Waals surface area contributed by atoms with Gasteiger partial charge in [-0.3, -0.25) is 0 Å². The second kappa shape index (κ2) is 5.64. The van der Waals surface area contributed by atoms with Crippen molar-refractivity contribution in [2.45, 2.75) is 0 Å². The van der Waals surface area contributed by atoms with Crippen LogP contribution in [0.2, 0.25) is 0 Å². The molecule has 0 amide bonds. The fourth-order valence-corrected chi connectivity index (χ4v) is 4.79. The van der Waals surface area contributed by atoms with E-state index in [9.17, 15) is 25.2 Å². The summed E-state index contributed by atoms with van der Waals surface area (Å²) in [5.41, 5.74) is 10.5. The minimum absolute atomic E-state index is 1.29. The van der Waals surface area contributed by atoms with Gasteiger partial charge in [0, 0.05) is 37.4 Å². The number of aromatic nitrogens is 3. The molecule has 0 radical (unpaired) electrons. The van der Waals surface area contributed by atoms with Gasteiger partial charge in [-0.05, 0) is 24.3 Å². The summed E-state index contributed by atoms with van der Waals surface area (Å²) in [6.45, 7) is 0. The number of rotatable bonds is 0. The van der Waals surface area contributed by atoms with Gasteiger partial charge in [-0.2, -0.15) is 4.57 Å². The van der Waals surface area contributed by atoms with Crippen LogP contribution in [-0.4, -0.2) is 9.13 Å². The average Bonchev–Trinajstić information content (AvgIpc) is 2.69. The van der Waals surface area contributed by atoms with E-state index in [-0.39, 0.29) is 0 Å². The normalized spacial score (nSPS) is 14.9. The molecule has 0 fully saturated rings. The van der Waals surface area contributed by atoms with Crippen LogP contribution in [0.1, 0.15) is 0 Å². The van der Waals surface area contributed by atoms with Crippen LogP contribution in [-0.2, 0) is 21.1 Å². The molecule has 0 saturated heterocycles. The van der Waals surface area contributed by atoms with Gasteiger partial charge in [0.05, 0.1) is 32.8 Å². The Morgan fingerprint density at radius 1 is 0.594 bits per heavy atom. The van der Waals surface area contributed by atoms with E-state index in [1.54, 1.807) is 0 Å². The minimum atomic E-state index is -10.7. The molecule has 0 aliphatic carbocycles. The Hall–Kier alpha value is -3.06. The molecule has 2 aliphatic rings. The number of benzene rings is 3. The van der Waals surface area contributed by atoms with Crippen molar-refractivity contribution in [3.8, 4) is 11.1 Å². The number of nitrogens with zero attached hydrogens (tertiary/aromatic N) is 3. The summed E-state index contributed by atoms with van der Waals surface area (Å²) in [6, 6.07) is 19.9. The van der Waals surface area contributed by atoms with Crippen LogP contribution < -0.4 is 4.57 Å². The maximum absolute atomic E-state index is 10.7. The first-order chi connectivity index (χ1) is 14.6. The van der Waals surface area contributed by atoms with Gasteiger partial charge in [0.25, 0.3) is 0 Å². The van der Waals surface area contributed by atoms with E-state index in [0.29, 0.717) is 0 Å². The zero-order valence-electron chi connectivity index (χ0n) is 17.3. The fraction of sp³-hybridized carbons (Fsp3) is 0.136. The summed E-state index contributed by atoms with van der Waals surface area (Å²) < 4.78 is 66.2. The molecule has 0 spiro atoms. The molecule has 0 atom stereocenters. The average molecular weight is 469 g/mol. The summed E-state index contributed by atoms with van der Waals surface area (Å²) in [5.74, 6) is 0. The SMILES string of the molecule is Cn1c2cccc3c2-c2c4c1cccc4[n+](C)c1cccc(c21)n3C.F[P-](F)(F)(F)(F)F. The second-order valence-corrected chi connectivity index (χ2v) is 9.94. The molecule has 10 heteroatoms. The quantitative estimate of drug-likeness (QED) is 0.0711. The van der Waals surface area contributed by atoms with Crippen molar-refractivity contribution in [1.29, 1.82) is 0 Å². The Labute approximate surface area is 178 Å². The molecule has 1 aromatic heterocycles. The van der Waals surface area contributed by atoms with Crippen molar-refractivity contribution >= 4 is 51.7 Å². The van der Waals surface area contributed by atoms with Crippen LogP contribution in [0, 0.1) is 0 Å². The maximum atomic E-state index is 9.87. The third-order valence-electron chi connectivity index (χ3n) is 5.98. The summed E-state index contributed by atoms with van der Waals surface area (Å²) in [4.78, 5) is 0. The Morgan fingerprint density at radius 2 is 0.938 bits per heavy atom. The standard InChI is InChI=1S/C22H18N3.F6P/c1-23-13-7-4-9-15-19(13)22-20-14(23)8-5-10-16(20)25(3)18-12-6-11-17(21(18)22)24(15)2;1-7(2,3,4,5)6/h4-12H,1-3H3;/q+1;-1. The zero-order valence-corrected chi connectivity index (χ0v) is 18.1. The van der Waals surface area contributed by atoms with Gasteiger partial charge in [-0.1, -0.05) is 18.2 Å². The van der Waals surface area contributed by atoms with Crippen molar-refractivity contribution in [1.82, 2.24) is 9.13 Å². The monoisotopic (exact) mass is 469 g/mol. The Morgan fingerprint density at radius 3 is 1.34 bits per heavy atom. The van der Waals surface area contributed by atoms with Gasteiger partial charge in [0.2, 0.25) is 11.0 Å². The van der Waals surface area contributed by atoms with E-state index in [1.807, 2.05) is 0 Å². The van der Waals surface area contributed by atoms with Crippen molar-refractivity contribution in [2.24, 2.45) is 21.1 Å². The van der Waals surface area contributed by atoms with Crippen LogP contribution in [0.25, 0.3) is 55.0 Å². The summed E-state index contributed by atoms with van der Waals surface area (Å²) in [7, 11) is -4.12. The summed E-state index contributed by atoms with van der Waals surface area (Å²) in [5, 5.41) is 2.72. The molecule has 3 nitrogen and oxygen atoms in total. The van der Waals surface area contributed by atoms with Crippen LogP contribution >= 0.6 is 7.81 Å². The van der Waals surface area contributed by atoms with Crippen LogP contribution in [0.3, 0.4) is 0 Å². The molecule has 4 aromatic rings. The van der Waals surface area contributed by atoms with Gasteiger partial charge in [0.1, 0.15) is 7.05 Å². The van der Waals surface area contributed by atoms with Crippen molar-refractivity contribution in [3.63, 3.8) is 0 Å². The van der Waals surface area contributed by atoms with Gasteiger partial charge in [0.15, 0.2) is 0 Å². The Balaban J connectivity index is 0.000000272. The third kappa shape index (κ3) is 3.23. The predicted octanol–water partition coefficient (Wildman–Crippen LogP) is 7.73. The van der Waals surface area contributed by atoms with E-state index in [1.165, 1.54) is 55.0 Å². The molecular formula is C22H18F6N3P. The molecule has 32 heavy (non-hydrogen) atoms. The number of aryl methyl sites for hydroxylation is 3. The molecule has 0 saturated carbocycles. The molecular weight excluding hydrogens is 451 g/mol. The fourth-order valence-electron chi connectivity index (χ4n) is 4.79. The first-order valence-corrected chi connectivity index (χ1v) is 11.7. The predicted molar refractivity (Wildman–Crippen MR) is 117 cm³/mol. The van der Waals surface area contributed by atoms with Crippen molar-refractivity contribution < 1.29 is 29.7 Å². The molecule has 0 unspecified atom stereocenters. The molecule has 0 bridgehead atoms. The van der Waals surface area contributed by atoms with Crippen LogP contribution in [0.5, 0.6) is 0 Å². The number of hydrogen-bond donors (Lipinski definition) is 0. The topological polar surface area (TPSA) is 13.7 Å². The van der Waals surface area contributed by atoms with Gasteiger partial charge in [-0.25, -0.2) is 0 Å². The molecule has 3 aromatic carbocycles. The third-order valence-corrected chi connectivity index (χ3v) is 5.98. The molecule has 2 aliphatic heterocycles. The molecule has 6 rings (SSSR count). The first-order valence-electron chi connectivity index (χ1n) is 9.68. The van der Waals surface area contributed by atoms with Crippen molar-refractivity contribution in [3.05, 3.63) is 54.6 Å². The van der Waals surface area contributed by atoms with Crippen LogP contribution in [0.15, 0.2) is 54.6 Å². The Bertz CT molecular complexity index is 1530. The van der Waals surface area contributed by atoms with E-state index in [0.717, 1.165) is 0 Å². The molecule has 168 valence electrons. The van der Waals surface area contributed by atoms with E-state index in [4.69, 9.17) is 0 Å². The van der Waals surface area contributed by atoms with Crippen molar-refractivity contribution in [2.75, 3.05) is 0 Å². The number of hydrogen-bond acceptors (Lipinski definition) is 0. The van der Waals surface area contributed by atoms with E-state index >= 15 is 0 Å². The number of pyridine rings is 3. The van der Waals surface area contributed by atoms with E-state index in [2.05, 4.69) is 89.4 Å². The molecule has 0 N–H and O–H groups in total. The van der Waals surface area contributed by atoms with Gasteiger partial charge >= 0.3 is 33.0 Å². The van der Waals surface area contributed by atoms with Crippen LogP contribution in [0.4, 0.5) is 25.2 Å².